The van der Waals surface area contributed by atoms with Crippen molar-refractivity contribution >= 4 is 33.4 Å². The lowest BCUT2D eigenvalue weighted by molar-refractivity contribution is 0.441. The molecule has 1 aliphatic carbocycles. The molecular weight excluding hydrogens is 428 g/mol. The molecule has 4 N–H and O–H groups in total. The van der Waals surface area contributed by atoms with Crippen molar-refractivity contribution in [2.75, 3.05) is 30.4 Å². The van der Waals surface area contributed by atoms with Crippen LogP contribution in [0, 0.1) is 24.0 Å². The third-order valence-electron chi connectivity index (χ3n) is 6.88. The number of nitrogens with one attached hydrogen (secondary N) is 2. The van der Waals surface area contributed by atoms with Crippen LogP contribution in [0.4, 0.5) is 20.3 Å². The third kappa shape index (κ3) is 3.08. The average Bonchev–Trinajstić information content (AvgIpc) is 3.13. The largest absolute Gasteiger partial charge is 0.423 e. The second kappa shape index (κ2) is 6.98. The monoisotopic (exact) mass is 451 g/mol. The topological polar surface area (TPSA) is 105 Å². The molecule has 4 heterocycles. The van der Waals surface area contributed by atoms with Crippen molar-refractivity contribution in [2.24, 2.45) is 11.1 Å². The van der Waals surface area contributed by atoms with Gasteiger partial charge in [0.05, 0.1) is 28.2 Å². The van der Waals surface area contributed by atoms with Crippen LogP contribution in [0.5, 0.6) is 11.8 Å². The van der Waals surface area contributed by atoms with Gasteiger partial charge in [-0.05, 0) is 31.9 Å². The molecule has 3 aromatic heterocycles. The first kappa shape index (κ1) is 20.1. The zero-order valence-corrected chi connectivity index (χ0v) is 18.2. The highest BCUT2D eigenvalue weighted by Crippen LogP contribution is 2.53. The molecule has 1 saturated heterocycles. The lowest BCUT2D eigenvalue weighted by Crippen LogP contribution is -2.24. The van der Waals surface area contributed by atoms with Crippen LogP contribution in [0.25, 0.3) is 21.9 Å². The van der Waals surface area contributed by atoms with E-state index in [1.807, 2.05) is 13.0 Å². The number of hydrogen-bond donors (Lipinski definition) is 3. The molecule has 0 amide bonds. The maximum absolute atomic E-state index is 15.1. The zero-order chi connectivity index (χ0) is 22.9. The first-order valence-electron chi connectivity index (χ1n) is 10.9. The summed E-state index contributed by atoms with van der Waals surface area (Å²) in [5.74, 6) is -0.887. The van der Waals surface area contributed by atoms with Gasteiger partial charge in [-0.15, -0.1) is 0 Å². The maximum atomic E-state index is 15.1. The number of H-pyrrole nitrogens is 1. The van der Waals surface area contributed by atoms with E-state index in [0.29, 0.717) is 46.9 Å². The number of fused-ring (bicyclic) bond motifs is 3. The second-order valence-electron chi connectivity index (χ2n) is 8.98. The minimum Gasteiger partial charge on any atom is -0.423 e. The Morgan fingerprint density at radius 1 is 1.27 bits per heavy atom. The van der Waals surface area contributed by atoms with Gasteiger partial charge in [0, 0.05) is 43.4 Å². The summed E-state index contributed by atoms with van der Waals surface area (Å²) >= 11 is 0. The van der Waals surface area contributed by atoms with Gasteiger partial charge in [0.2, 0.25) is 0 Å². The Hall–Kier alpha value is -3.53. The summed E-state index contributed by atoms with van der Waals surface area (Å²) in [7, 11) is 1.65. The smallest absolute Gasteiger partial charge is 0.326 e. The Labute approximate surface area is 188 Å². The molecule has 4 aromatic rings. The summed E-state index contributed by atoms with van der Waals surface area (Å²) in [6.45, 7) is 3.30. The number of benzene rings is 1. The fourth-order valence-corrected chi connectivity index (χ4v) is 4.88. The predicted molar refractivity (Wildman–Crippen MR) is 122 cm³/mol. The van der Waals surface area contributed by atoms with Gasteiger partial charge in [0.1, 0.15) is 17.2 Å². The molecule has 2 atom stereocenters. The number of aromatic nitrogens is 4. The fraction of sp³-hybridized carbons (Fsp3) is 0.348. The SMILES string of the molecule is CNc1cc(F)c(F)c2c1[nH]c1nc(Oc3ccc(C)nc3)nc(N3CCC4(C[C@H]4N)C3)c12. The highest BCUT2D eigenvalue weighted by molar-refractivity contribution is 6.15. The maximum Gasteiger partial charge on any atom is 0.326 e. The number of ether oxygens (including phenoxy) is 1. The van der Waals surface area contributed by atoms with E-state index in [2.05, 4.69) is 30.2 Å². The van der Waals surface area contributed by atoms with E-state index in [0.717, 1.165) is 24.6 Å². The van der Waals surface area contributed by atoms with Gasteiger partial charge in [0.25, 0.3) is 0 Å². The van der Waals surface area contributed by atoms with Gasteiger partial charge < -0.3 is 25.7 Å². The quantitative estimate of drug-likeness (QED) is 0.433. The zero-order valence-electron chi connectivity index (χ0n) is 18.2. The van der Waals surface area contributed by atoms with E-state index in [-0.39, 0.29) is 22.9 Å². The minimum atomic E-state index is -0.938. The van der Waals surface area contributed by atoms with Crippen molar-refractivity contribution in [3.63, 3.8) is 0 Å². The van der Waals surface area contributed by atoms with Crippen LogP contribution in [0.15, 0.2) is 24.4 Å². The molecule has 33 heavy (non-hydrogen) atoms. The number of nitrogens with two attached hydrogens (primary N) is 1. The highest BCUT2D eigenvalue weighted by atomic mass is 19.2. The number of pyridine rings is 1. The molecule has 1 unspecified atom stereocenters. The Morgan fingerprint density at radius 2 is 2.09 bits per heavy atom. The van der Waals surface area contributed by atoms with E-state index in [1.165, 1.54) is 0 Å². The van der Waals surface area contributed by atoms with Crippen molar-refractivity contribution in [3.8, 4) is 11.8 Å². The molecule has 1 spiro atoms. The van der Waals surface area contributed by atoms with E-state index in [1.54, 1.807) is 19.3 Å². The Kier molecular flexibility index (Phi) is 4.25. The Balaban J connectivity index is 1.56. The van der Waals surface area contributed by atoms with Crippen LogP contribution >= 0.6 is 0 Å². The van der Waals surface area contributed by atoms with Crippen LogP contribution < -0.4 is 20.7 Å². The first-order chi connectivity index (χ1) is 15.9. The van der Waals surface area contributed by atoms with E-state index in [4.69, 9.17) is 10.5 Å². The molecule has 0 bridgehead atoms. The number of hydrogen-bond acceptors (Lipinski definition) is 7. The lowest BCUT2D eigenvalue weighted by Gasteiger charge is -2.19. The molecule has 0 radical (unpaired) electrons. The highest BCUT2D eigenvalue weighted by Gasteiger charge is 2.56. The standard InChI is InChI=1S/C23H23F2N7O/c1-11-3-4-12(9-28-11)33-22-30-20-17(16-18(25)13(24)7-14(27-2)19(16)29-20)21(31-22)32-6-5-23(10-32)8-15(23)26/h3-4,7,9,15,27H,5-6,8,10,26H2,1-2H3,(H,29,30,31)/t15-,23?/m1/s1. The number of rotatable bonds is 4. The molecule has 10 heteroatoms. The van der Waals surface area contributed by atoms with Gasteiger partial charge in [-0.2, -0.15) is 9.97 Å². The molecule has 2 aliphatic rings. The van der Waals surface area contributed by atoms with Crippen molar-refractivity contribution < 1.29 is 13.5 Å². The summed E-state index contributed by atoms with van der Waals surface area (Å²) in [6.07, 6.45) is 3.48. The third-order valence-corrected chi connectivity index (χ3v) is 6.88. The molecule has 6 rings (SSSR count). The average molecular weight is 451 g/mol. The first-order valence-corrected chi connectivity index (χ1v) is 10.9. The molecule has 1 saturated carbocycles. The number of halogens is 2. The van der Waals surface area contributed by atoms with Gasteiger partial charge in [-0.1, -0.05) is 0 Å². The van der Waals surface area contributed by atoms with E-state index < -0.39 is 11.6 Å². The van der Waals surface area contributed by atoms with Crippen LogP contribution in [-0.4, -0.2) is 46.1 Å². The van der Waals surface area contributed by atoms with Crippen molar-refractivity contribution in [1.82, 2.24) is 19.9 Å². The van der Waals surface area contributed by atoms with E-state index >= 15 is 4.39 Å². The molecule has 170 valence electrons. The Bertz CT molecular complexity index is 1400. The summed E-state index contributed by atoms with van der Waals surface area (Å²) in [5.41, 5.74) is 8.34. The molecular formula is C23H23F2N7O. The lowest BCUT2D eigenvalue weighted by atomic mass is 10.1. The van der Waals surface area contributed by atoms with Crippen LogP contribution in [0.3, 0.4) is 0 Å². The van der Waals surface area contributed by atoms with Crippen LogP contribution in [0.1, 0.15) is 18.5 Å². The molecule has 2 fully saturated rings. The summed E-state index contributed by atoms with van der Waals surface area (Å²) in [6, 6.07) is 4.99. The normalized spacial score (nSPS) is 22.0. The van der Waals surface area contributed by atoms with Crippen molar-refractivity contribution in [1.29, 1.82) is 0 Å². The van der Waals surface area contributed by atoms with Crippen LogP contribution in [-0.2, 0) is 0 Å². The number of nitrogens with zero attached hydrogens (tertiary/aromatic N) is 4. The van der Waals surface area contributed by atoms with Crippen molar-refractivity contribution in [2.45, 2.75) is 25.8 Å². The predicted octanol–water partition coefficient (Wildman–Crippen LogP) is 3.85. The van der Waals surface area contributed by atoms with Gasteiger partial charge >= 0.3 is 6.01 Å². The summed E-state index contributed by atoms with van der Waals surface area (Å²) in [5, 5.41) is 3.47. The van der Waals surface area contributed by atoms with Gasteiger partial charge in [-0.3, -0.25) is 4.98 Å². The molecule has 1 aromatic carbocycles. The van der Waals surface area contributed by atoms with Gasteiger partial charge in [0.15, 0.2) is 11.6 Å². The van der Waals surface area contributed by atoms with E-state index in [9.17, 15) is 4.39 Å². The molecule has 8 nitrogen and oxygen atoms in total. The summed E-state index contributed by atoms with van der Waals surface area (Å²) < 4.78 is 35.5. The summed E-state index contributed by atoms with van der Waals surface area (Å²) in [4.78, 5) is 18.6. The molecule has 1 aliphatic heterocycles. The number of aryl methyl sites for hydroxylation is 1. The van der Waals surface area contributed by atoms with Gasteiger partial charge in [-0.25, -0.2) is 8.78 Å². The second-order valence-corrected chi connectivity index (χ2v) is 8.98. The minimum absolute atomic E-state index is 0.0607. The number of aromatic amines is 1. The number of anilines is 2. The van der Waals surface area contributed by atoms with Crippen molar-refractivity contribution in [3.05, 3.63) is 41.7 Å². The fourth-order valence-electron chi connectivity index (χ4n) is 4.88. The van der Waals surface area contributed by atoms with Crippen LogP contribution in [0.2, 0.25) is 0 Å². The Morgan fingerprint density at radius 3 is 2.76 bits per heavy atom.